The van der Waals surface area contributed by atoms with Crippen LogP contribution in [0.25, 0.3) is 0 Å². The Morgan fingerprint density at radius 1 is 1.00 bits per heavy atom. The van der Waals surface area contributed by atoms with Crippen LogP contribution in [-0.2, 0) is 6.42 Å². The lowest BCUT2D eigenvalue weighted by molar-refractivity contribution is 0.0993. The van der Waals surface area contributed by atoms with Crippen molar-refractivity contribution in [1.29, 1.82) is 0 Å². The number of nitrogens with zero attached hydrogens (tertiary/aromatic N) is 2. The second kappa shape index (κ2) is 8.74. The summed E-state index contributed by atoms with van der Waals surface area (Å²) < 4.78 is 5.79. The van der Waals surface area contributed by atoms with Gasteiger partial charge in [-0.25, -0.2) is 0 Å². The fourth-order valence-electron chi connectivity index (χ4n) is 3.18. The molecule has 0 bridgehead atoms. The molecule has 3 aromatic rings. The molecule has 2 unspecified atom stereocenters. The van der Waals surface area contributed by atoms with Crippen LogP contribution in [0.1, 0.15) is 58.3 Å². The smallest absolute Gasteiger partial charge is 0.277 e. The highest BCUT2D eigenvalue weighted by Crippen LogP contribution is 2.28. The molecular formula is C23H26N2O2S. The fourth-order valence-corrected chi connectivity index (χ4v) is 3.95. The molecule has 0 N–H and O–H groups in total. The molecule has 2 atom stereocenters. The van der Waals surface area contributed by atoms with Gasteiger partial charge < -0.3 is 4.42 Å². The van der Waals surface area contributed by atoms with Crippen molar-refractivity contribution in [1.82, 2.24) is 10.2 Å². The van der Waals surface area contributed by atoms with Gasteiger partial charge >= 0.3 is 0 Å². The molecule has 3 rings (SSSR count). The van der Waals surface area contributed by atoms with Gasteiger partial charge in [0.2, 0.25) is 5.89 Å². The third kappa shape index (κ3) is 4.71. The maximum atomic E-state index is 12.9. The van der Waals surface area contributed by atoms with Crippen LogP contribution in [0, 0.1) is 20.8 Å². The second-order valence-electron chi connectivity index (χ2n) is 7.35. The molecular weight excluding hydrogens is 368 g/mol. The second-order valence-corrected chi connectivity index (χ2v) is 8.65. The van der Waals surface area contributed by atoms with Gasteiger partial charge in [0.05, 0.1) is 5.25 Å². The van der Waals surface area contributed by atoms with Crippen molar-refractivity contribution in [3.63, 3.8) is 0 Å². The number of hydrogen-bond acceptors (Lipinski definition) is 5. The Hall–Kier alpha value is -2.40. The van der Waals surface area contributed by atoms with Gasteiger partial charge in [-0.05, 0) is 61.9 Å². The third-order valence-electron chi connectivity index (χ3n) is 5.05. The first-order valence-electron chi connectivity index (χ1n) is 9.51. The largest absolute Gasteiger partial charge is 0.416 e. The van der Waals surface area contributed by atoms with Crippen molar-refractivity contribution in [3.05, 3.63) is 76.2 Å². The van der Waals surface area contributed by atoms with E-state index in [-0.39, 0.29) is 17.0 Å². The number of ketones is 1. The van der Waals surface area contributed by atoms with Crippen molar-refractivity contribution in [3.8, 4) is 0 Å². The number of Topliss-reactive ketones (excluding diaryl/α,β-unsaturated/α-hetero) is 1. The monoisotopic (exact) mass is 394 g/mol. The van der Waals surface area contributed by atoms with E-state index >= 15 is 0 Å². The maximum absolute atomic E-state index is 12.9. The van der Waals surface area contributed by atoms with E-state index in [1.807, 2.05) is 45.0 Å². The van der Waals surface area contributed by atoms with E-state index in [9.17, 15) is 4.79 Å². The average molecular weight is 395 g/mol. The van der Waals surface area contributed by atoms with Gasteiger partial charge in [-0.3, -0.25) is 4.79 Å². The molecule has 0 aliphatic rings. The highest BCUT2D eigenvalue weighted by atomic mass is 32.2. The number of aromatic nitrogens is 2. The Morgan fingerprint density at radius 2 is 1.68 bits per heavy atom. The number of rotatable bonds is 7. The summed E-state index contributed by atoms with van der Waals surface area (Å²) in [6.45, 7) is 10.1. The summed E-state index contributed by atoms with van der Waals surface area (Å²) in [6, 6.07) is 14.3. The zero-order valence-corrected chi connectivity index (χ0v) is 17.8. The first-order valence-corrected chi connectivity index (χ1v) is 10.4. The Kier molecular flexibility index (Phi) is 6.35. The lowest BCUT2D eigenvalue weighted by atomic mass is 9.97. The summed E-state index contributed by atoms with van der Waals surface area (Å²) in [5.74, 6) is 0.973. The van der Waals surface area contributed by atoms with Crippen molar-refractivity contribution in [2.45, 2.75) is 57.4 Å². The number of benzene rings is 2. The number of carbonyl (C=O) groups is 1. The number of thioether (sulfide) groups is 1. The van der Waals surface area contributed by atoms with E-state index in [1.165, 1.54) is 22.9 Å². The summed E-state index contributed by atoms with van der Waals surface area (Å²) in [7, 11) is 0. The summed E-state index contributed by atoms with van der Waals surface area (Å²) in [5, 5.41) is 8.44. The van der Waals surface area contributed by atoms with Gasteiger partial charge in [0, 0.05) is 12.0 Å². The Morgan fingerprint density at radius 3 is 2.39 bits per heavy atom. The van der Waals surface area contributed by atoms with Crippen LogP contribution in [-0.4, -0.2) is 21.2 Å². The molecule has 4 nitrogen and oxygen atoms in total. The summed E-state index contributed by atoms with van der Waals surface area (Å²) in [6.07, 6.45) is 0.677. The van der Waals surface area contributed by atoms with Gasteiger partial charge in [0.15, 0.2) is 5.78 Å². The van der Waals surface area contributed by atoms with Crippen molar-refractivity contribution < 1.29 is 9.21 Å². The van der Waals surface area contributed by atoms with E-state index in [2.05, 4.69) is 42.2 Å². The highest BCUT2D eigenvalue weighted by Gasteiger charge is 2.22. The molecule has 0 spiro atoms. The Labute approximate surface area is 170 Å². The lowest BCUT2D eigenvalue weighted by Crippen LogP contribution is -2.15. The van der Waals surface area contributed by atoms with Crippen LogP contribution in [0.5, 0.6) is 0 Å². The molecule has 0 radical (unpaired) electrons. The summed E-state index contributed by atoms with van der Waals surface area (Å²) in [5.41, 5.74) is 5.33. The highest BCUT2D eigenvalue weighted by molar-refractivity contribution is 8.00. The topological polar surface area (TPSA) is 56.0 Å². The number of carbonyl (C=O) groups excluding carboxylic acids is 1. The van der Waals surface area contributed by atoms with Crippen LogP contribution in [0.15, 0.2) is 52.1 Å². The molecule has 2 aromatic carbocycles. The maximum Gasteiger partial charge on any atom is 0.277 e. The predicted molar refractivity (Wildman–Crippen MR) is 113 cm³/mol. The van der Waals surface area contributed by atoms with Crippen LogP contribution < -0.4 is 0 Å². The minimum Gasteiger partial charge on any atom is -0.416 e. The quantitative estimate of drug-likeness (QED) is 0.380. The first kappa shape index (κ1) is 20.3. The molecule has 146 valence electrons. The predicted octanol–water partition coefficient (Wildman–Crippen LogP) is 5.70. The molecule has 28 heavy (non-hydrogen) atoms. The van der Waals surface area contributed by atoms with E-state index < -0.39 is 0 Å². The number of aryl methyl sites for hydroxylation is 3. The zero-order chi connectivity index (χ0) is 20.3. The van der Waals surface area contributed by atoms with Crippen molar-refractivity contribution in [2.75, 3.05) is 0 Å². The van der Waals surface area contributed by atoms with Crippen LogP contribution in [0.4, 0.5) is 0 Å². The van der Waals surface area contributed by atoms with E-state index in [0.29, 0.717) is 17.5 Å². The van der Waals surface area contributed by atoms with E-state index in [1.54, 1.807) is 0 Å². The van der Waals surface area contributed by atoms with Crippen LogP contribution >= 0.6 is 11.8 Å². The Balaban J connectivity index is 1.66. The van der Waals surface area contributed by atoms with Gasteiger partial charge in [-0.15, -0.1) is 10.2 Å². The minimum atomic E-state index is -0.291. The zero-order valence-electron chi connectivity index (χ0n) is 17.0. The Bertz CT molecular complexity index is 966. The molecule has 0 fully saturated rings. The summed E-state index contributed by atoms with van der Waals surface area (Å²) in [4.78, 5) is 12.9. The standard InChI is InChI=1S/C23H26N2O2S/c1-14-11-17(4)20(12-15(14)2)22(26)18(5)28-23-25-24-21(27-23)13-16(3)19-9-7-6-8-10-19/h6-12,16,18H,13H2,1-5H3. The van der Waals surface area contributed by atoms with Crippen molar-refractivity contribution >= 4 is 17.5 Å². The van der Waals surface area contributed by atoms with E-state index in [4.69, 9.17) is 4.42 Å². The summed E-state index contributed by atoms with van der Waals surface area (Å²) >= 11 is 1.32. The molecule has 0 amide bonds. The normalized spacial score (nSPS) is 13.3. The molecule has 1 aromatic heterocycles. The van der Waals surface area contributed by atoms with Crippen molar-refractivity contribution in [2.24, 2.45) is 0 Å². The van der Waals surface area contributed by atoms with Gasteiger partial charge in [0.1, 0.15) is 0 Å². The van der Waals surface area contributed by atoms with Gasteiger partial charge in [-0.1, -0.05) is 55.1 Å². The van der Waals surface area contributed by atoms with Crippen LogP contribution in [0.3, 0.4) is 0 Å². The average Bonchev–Trinajstić information content (AvgIpc) is 3.11. The van der Waals surface area contributed by atoms with Gasteiger partial charge in [0.25, 0.3) is 5.22 Å². The SMILES string of the molecule is Cc1cc(C)c(C(=O)C(C)Sc2nnc(CC(C)c3ccccc3)o2)cc1C. The molecule has 0 saturated carbocycles. The minimum absolute atomic E-state index is 0.0861. The molecule has 0 aliphatic heterocycles. The third-order valence-corrected chi connectivity index (χ3v) is 5.98. The molecule has 0 aliphatic carbocycles. The fraction of sp³-hybridized carbons (Fsp3) is 0.348. The lowest BCUT2D eigenvalue weighted by Gasteiger charge is -2.12. The molecule has 0 saturated heterocycles. The van der Waals surface area contributed by atoms with Gasteiger partial charge in [-0.2, -0.15) is 0 Å². The van der Waals surface area contributed by atoms with E-state index in [0.717, 1.165) is 16.7 Å². The molecule has 5 heteroatoms. The van der Waals surface area contributed by atoms with Crippen LogP contribution in [0.2, 0.25) is 0 Å². The number of hydrogen-bond donors (Lipinski definition) is 0. The molecule has 1 heterocycles. The first-order chi connectivity index (χ1) is 13.3.